The van der Waals surface area contributed by atoms with Crippen LogP contribution in [0.5, 0.6) is 5.75 Å². The van der Waals surface area contributed by atoms with Crippen molar-refractivity contribution in [1.29, 1.82) is 0 Å². The fourth-order valence-electron chi connectivity index (χ4n) is 2.13. The van der Waals surface area contributed by atoms with E-state index in [-0.39, 0.29) is 0 Å². The molecule has 4 nitrogen and oxygen atoms in total. The van der Waals surface area contributed by atoms with E-state index in [2.05, 4.69) is 18.9 Å². The van der Waals surface area contributed by atoms with Gasteiger partial charge in [0.25, 0.3) is 0 Å². The Balaban J connectivity index is 2.01. The van der Waals surface area contributed by atoms with Crippen LogP contribution in [0.3, 0.4) is 0 Å². The second-order valence-electron chi connectivity index (χ2n) is 5.53. The third kappa shape index (κ3) is 3.85. The van der Waals surface area contributed by atoms with Crippen molar-refractivity contribution in [3.63, 3.8) is 0 Å². The van der Waals surface area contributed by atoms with Crippen LogP contribution in [0.2, 0.25) is 0 Å². The van der Waals surface area contributed by atoms with Gasteiger partial charge in [-0.3, -0.25) is 4.68 Å². The lowest BCUT2D eigenvalue weighted by molar-refractivity contribution is 0.199. The molecule has 0 amide bonds. The van der Waals surface area contributed by atoms with Crippen LogP contribution < -0.4 is 4.74 Å². The molecule has 0 saturated carbocycles. The van der Waals surface area contributed by atoms with Crippen molar-refractivity contribution in [3.05, 3.63) is 47.3 Å². The van der Waals surface area contributed by atoms with Gasteiger partial charge in [-0.05, 0) is 56.5 Å². The summed E-state index contributed by atoms with van der Waals surface area (Å²) in [6.07, 6.45) is 2.60. The summed E-state index contributed by atoms with van der Waals surface area (Å²) in [7, 11) is 0. The number of hydrogen-bond donors (Lipinski definition) is 1. The molecule has 0 aliphatic rings. The number of aliphatic hydroxyl groups is 1. The molecule has 0 radical (unpaired) electrons. The number of rotatable bonds is 6. The maximum Gasteiger partial charge on any atom is 0.132 e. The van der Waals surface area contributed by atoms with Crippen LogP contribution in [0.1, 0.15) is 56.2 Å². The molecule has 0 spiro atoms. The zero-order chi connectivity index (χ0) is 15.4. The average Bonchev–Trinajstić information content (AvgIpc) is 2.93. The van der Waals surface area contributed by atoms with Gasteiger partial charge in [0.1, 0.15) is 12.4 Å². The molecule has 0 aliphatic carbocycles. The van der Waals surface area contributed by atoms with Crippen LogP contribution in [0, 0.1) is 6.92 Å². The van der Waals surface area contributed by atoms with Gasteiger partial charge < -0.3 is 9.84 Å². The average molecular weight is 288 g/mol. The maximum atomic E-state index is 9.57. The first-order chi connectivity index (χ1) is 10.0. The van der Waals surface area contributed by atoms with Gasteiger partial charge in [0, 0.05) is 12.2 Å². The standard InChI is InChI=1S/C17H24N2O2/c1-5-13(3)19-9-8-16(18-19)11-21-17-7-6-15(14(4)20)10-12(17)2/h6-10,13-14,20H,5,11H2,1-4H3/t13?,14-/m1/s1. The van der Waals surface area contributed by atoms with E-state index in [1.54, 1.807) is 6.92 Å². The lowest BCUT2D eigenvalue weighted by atomic mass is 10.1. The first-order valence-electron chi connectivity index (χ1n) is 7.46. The van der Waals surface area contributed by atoms with Crippen molar-refractivity contribution in [2.45, 2.75) is 52.9 Å². The largest absolute Gasteiger partial charge is 0.487 e. The Hall–Kier alpha value is -1.81. The van der Waals surface area contributed by atoms with Gasteiger partial charge in [-0.1, -0.05) is 13.0 Å². The van der Waals surface area contributed by atoms with Gasteiger partial charge in [0.05, 0.1) is 11.8 Å². The molecular weight excluding hydrogens is 264 g/mol. The van der Waals surface area contributed by atoms with Gasteiger partial charge in [0.2, 0.25) is 0 Å². The quantitative estimate of drug-likeness (QED) is 0.879. The normalized spacial score (nSPS) is 14.0. The zero-order valence-electron chi connectivity index (χ0n) is 13.2. The maximum absolute atomic E-state index is 9.57. The van der Waals surface area contributed by atoms with E-state index in [1.165, 1.54) is 0 Å². The summed E-state index contributed by atoms with van der Waals surface area (Å²) >= 11 is 0. The molecule has 1 N–H and O–H groups in total. The Morgan fingerprint density at radius 3 is 2.67 bits per heavy atom. The van der Waals surface area contributed by atoms with Crippen LogP contribution in [-0.4, -0.2) is 14.9 Å². The van der Waals surface area contributed by atoms with Crippen LogP contribution >= 0.6 is 0 Å². The highest BCUT2D eigenvalue weighted by molar-refractivity contribution is 5.37. The number of nitrogens with zero attached hydrogens (tertiary/aromatic N) is 2. The molecular formula is C17H24N2O2. The van der Waals surface area contributed by atoms with Gasteiger partial charge in [-0.15, -0.1) is 0 Å². The smallest absolute Gasteiger partial charge is 0.132 e. The number of hydrogen-bond acceptors (Lipinski definition) is 3. The summed E-state index contributed by atoms with van der Waals surface area (Å²) in [5, 5.41) is 14.1. The van der Waals surface area contributed by atoms with Crippen molar-refractivity contribution in [1.82, 2.24) is 9.78 Å². The van der Waals surface area contributed by atoms with E-state index in [1.807, 2.05) is 42.1 Å². The molecule has 0 aliphatic heterocycles. The summed E-state index contributed by atoms with van der Waals surface area (Å²) in [6, 6.07) is 8.16. The molecule has 1 aromatic carbocycles. The Morgan fingerprint density at radius 1 is 1.29 bits per heavy atom. The van der Waals surface area contributed by atoms with Crippen molar-refractivity contribution in [2.24, 2.45) is 0 Å². The molecule has 21 heavy (non-hydrogen) atoms. The van der Waals surface area contributed by atoms with E-state index in [4.69, 9.17) is 4.74 Å². The molecule has 114 valence electrons. The van der Waals surface area contributed by atoms with Crippen LogP contribution in [0.25, 0.3) is 0 Å². The van der Waals surface area contributed by atoms with Crippen LogP contribution in [0.15, 0.2) is 30.5 Å². The zero-order valence-corrected chi connectivity index (χ0v) is 13.2. The number of aliphatic hydroxyl groups excluding tert-OH is 1. The van der Waals surface area contributed by atoms with Gasteiger partial charge in [-0.25, -0.2) is 0 Å². The van der Waals surface area contributed by atoms with E-state index in [9.17, 15) is 5.11 Å². The van der Waals surface area contributed by atoms with E-state index < -0.39 is 6.10 Å². The molecule has 1 heterocycles. The first-order valence-corrected chi connectivity index (χ1v) is 7.46. The molecule has 2 aromatic rings. The van der Waals surface area contributed by atoms with Crippen molar-refractivity contribution >= 4 is 0 Å². The lowest BCUT2D eigenvalue weighted by Crippen LogP contribution is -2.06. The predicted molar refractivity (Wildman–Crippen MR) is 83.4 cm³/mol. The first kappa shape index (κ1) is 15.6. The molecule has 0 fully saturated rings. The van der Waals surface area contributed by atoms with Crippen LogP contribution in [-0.2, 0) is 6.61 Å². The summed E-state index contributed by atoms with van der Waals surface area (Å²) in [6.45, 7) is 8.50. The highest BCUT2D eigenvalue weighted by atomic mass is 16.5. The third-order valence-corrected chi connectivity index (χ3v) is 3.76. The summed E-state index contributed by atoms with van der Waals surface area (Å²) in [5.74, 6) is 0.831. The van der Waals surface area contributed by atoms with E-state index in [0.29, 0.717) is 12.6 Å². The Labute approximate surface area is 126 Å². The fraction of sp³-hybridized carbons (Fsp3) is 0.471. The predicted octanol–water partition coefficient (Wildman–Crippen LogP) is 3.79. The minimum Gasteiger partial charge on any atom is -0.487 e. The molecule has 0 bridgehead atoms. The van der Waals surface area contributed by atoms with E-state index >= 15 is 0 Å². The molecule has 1 unspecified atom stereocenters. The summed E-state index contributed by atoms with van der Waals surface area (Å²) in [4.78, 5) is 0. The number of ether oxygens (including phenoxy) is 1. The topological polar surface area (TPSA) is 47.3 Å². The highest BCUT2D eigenvalue weighted by Crippen LogP contribution is 2.23. The summed E-state index contributed by atoms with van der Waals surface area (Å²) in [5.41, 5.74) is 2.85. The second-order valence-corrected chi connectivity index (χ2v) is 5.53. The molecule has 2 rings (SSSR count). The third-order valence-electron chi connectivity index (χ3n) is 3.76. The Bertz CT molecular complexity index is 590. The number of aryl methyl sites for hydroxylation is 1. The summed E-state index contributed by atoms with van der Waals surface area (Å²) < 4.78 is 7.80. The van der Waals surface area contributed by atoms with Crippen molar-refractivity contribution in [2.75, 3.05) is 0 Å². The highest BCUT2D eigenvalue weighted by Gasteiger charge is 2.08. The number of aromatic nitrogens is 2. The minimum absolute atomic E-state index is 0.408. The molecule has 4 heteroatoms. The monoisotopic (exact) mass is 288 g/mol. The minimum atomic E-state index is -0.455. The van der Waals surface area contributed by atoms with Crippen LogP contribution in [0.4, 0.5) is 0 Å². The van der Waals surface area contributed by atoms with Crippen molar-refractivity contribution in [3.8, 4) is 5.75 Å². The fourth-order valence-corrected chi connectivity index (χ4v) is 2.13. The van der Waals surface area contributed by atoms with Gasteiger partial charge >= 0.3 is 0 Å². The Morgan fingerprint density at radius 2 is 2.05 bits per heavy atom. The van der Waals surface area contributed by atoms with Gasteiger partial charge in [-0.2, -0.15) is 5.10 Å². The Kier molecular flexibility index (Phi) is 5.02. The molecule has 2 atom stereocenters. The van der Waals surface area contributed by atoms with Crippen molar-refractivity contribution < 1.29 is 9.84 Å². The molecule has 0 saturated heterocycles. The lowest BCUT2D eigenvalue weighted by Gasteiger charge is -2.11. The SMILES string of the molecule is CCC(C)n1ccc(COc2ccc([C@@H](C)O)cc2C)n1. The second kappa shape index (κ2) is 6.76. The van der Waals surface area contributed by atoms with E-state index in [0.717, 1.165) is 29.0 Å². The molecule has 1 aromatic heterocycles. The number of benzene rings is 1. The van der Waals surface area contributed by atoms with Gasteiger partial charge in [0.15, 0.2) is 0 Å².